The van der Waals surface area contributed by atoms with Crippen LogP contribution in [0.25, 0.3) is 0 Å². The molecule has 0 N–H and O–H groups in total. The Labute approximate surface area is 180 Å². The molecule has 2 aromatic carbocycles. The number of hydrogen-bond donors (Lipinski definition) is 0. The molecular weight excluding hydrogens is 439 g/mol. The third-order valence-corrected chi connectivity index (χ3v) is 4.79. The van der Waals surface area contributed by atoms with Crippen molar-refractivity contribution in [1.82, 2.24) is 5.01 Å². The maximum atomic E-state index is 13.6. The number of hydrogen-bond acceptors (Lipinski definition) is 5. The van der Waals surface area contributed by atoms with E-state index >= 15 is 0 Å². The van der Waals surface area contributed by atoms with Crippen LogP contribution in [0.15, 0.2) is 47.6 Å². The Kier molecular flexibility index (Phi) is 6.85. The Balaban J connectivity index is 1.97. The largest absolute Gasteiger partial charge is 0.497 e. The highest BCUT2D eigenvalue weighted by Gasteiger charge is 2.49. The van der Waals surface area contributed by atoms with Gasteiger partial charge in [-0.25, -0.2) is 5.01 Å². The normalized spacial score (nSPS) is 16.8. The molecule has 0 saturated heterocycles. The average molecular weight is 458 g/mol. The van der Waals surface area contributed by atoms with Crippen molar-refractivity contribution in [1.29, 1.82) is 0 Å². The van der Waals surface area contributed by atoms with E-state index in [0.717, 1.165) is 11.1 Å². The van der Waals surface area contributed by atoms with E-state index in [1.165, 1.54) is 26.4 Å². The number of carbonyl (C=O) groups is 1. The summed E-state index contributed by atoms with van der Waals surface area (Å²) in [6.07, 6.45) is -5.49. The fourth-order valence-corrected chi connectivity index (χ4v) is 3.19. The summed E-state index contributed by atoms with van der Waals surface area (Å²) in [6, 6.07) is 10.1. The minimum absolute atomic E-state index is 0.0395. The first-order valence-electron chi connectivity index (χ1n) is 9.34. The van der Waals surface area contributed by atoms with Crippen LogP contribution in [0.4, 0.5) is 22.0 Å². The molecular formula is C21H19F5N2O4. The van der Waals surface area contributed by atoms with Crippen molar-refractivity contribution < 1.29 is 41.0 Å². The van der Waals surface area contributed by atoms with E-state index < -0.39 is 31.0 Å². The topological polar surface area (TPSA) is 60.4 Å². The van der Waals surface area contributed by atoms with Gasteiger partial charge in [-0.3, -0.25) is 4.79 Å². The smallest absolute Gasteiger partial charge is 0.400 e. The van der Waals surface area contributed by atoms with Crippen molar-refractivity contribution in [2.75, 3.05) is 14.2 Å². The number of alkyl halides is 5. The molecule has 0 spiro atoms. The van der Waals surface area contributed by atoms with Gasteiger partial charge in [0.1, 0.15) is 11.7 Å². The molecule has 11 heteroatoms. The molecule has 1 heterocycles. The van der Waals surface area contributed by atoms with Gasteiger partial charge in [0.2, 0.25) is 0 Å². The molecule has 172 valence electrons. The summed E-state index contributed by atoms with van der Waals surface area (Å²) < 4.78 is 80.3. The van der Waals surface area contributed by atoms with E-state index in [1.807, 2.05) is 0 Å². The number of methoxy groups -OCH3 is 2. The zero-order valence-corrected chi connectivity index (χ0v) is 17.0. The van der Waals surface area contributed by atoms with Gasteiger partial charge in [-0.1, -0.05) is 12.1 Å². The van der Waals surface area contributed by atoms with Gasteiger partial charge in [-0.15, -0.1) is 0 Å². The number of rotatable bonds is 7. The SMILES string of the molecule is COc1ccc(CN2N=C(c3ccc(OC(F)F)c(OC)c3)CC(C(F)(F)F)C2=O)cc1. The number of amides is 1. The van der Waals surface area contributed by atoms with Crippen LogP contribution < -0.4 is 14.2 Å². The van der Waals surface area contributed by atoms with Gasteiger partial charge in [0.25, 0.3) is 5.91 Å². The molecule has 0 aromatic heterocycles. The van der Waals surface area contributed by atoms with Gasteiger partial charge < -0.3 is 14.2 Å². The van der Waals surface area contributed by atoms with E-state index in [4.69, 9.17) is 9.47 Å². The van der Waals surface area contributed by atoms with Crippen molar-refractivity contribution in [3.63, 3.8) is 0 Å². The Bertz CT molecular complexity index is 993. The second kappa shape index (κ2) is 9.41. The molecule has 0 radical (unpaired) electrons. The first-order valence-corrected chi connectivity index (χ1v) is 9.34. The van der Waals surface area contributed by atoms with Crippen LogP contribution in [0, 0.1) is 5.92 Å². The maximum absolute atomic E-state index is 13.6. The van der Waals surface area contributed by atoms with Gasteiger partial charge in [-0.2, -0.15) is 27.1 Å². The molecule has 2 aromatic rings. The van der Waals surface area contributed by atoms with Gasteiger partial charge in [-0.05, 0) is 35.9 Å². The molecule has 0 fully saturated rings. The molecule has 6 nitrogen and oxygen atoms in total. The summed E-state index contributed by atoms with van der Waals surface area (Å²) >= 11 is 0. The zero-order valence-electron chi connectivity index (χ0n) is 17.0. The fraction of sp³-hybridized carbons (Fsp3) is 0.333. The molecule has 1 aliphatic rings. The number of ether oxygens (including phenoxy) is 3. The van der Waals surface area contributed by atoms with Crippen molar-refractivity contribution in [2.24, 2.45) is 11.0 Å². The molecule has 1 aliphatic heterocycles. The number of hydrazone groups is 1. The fourth-order valence-electron chi connectivity index (χ4n) is 3.19. The van der Waals surface area contributed by atoms with Crippen LogP contribution in [-0.4, -0.2) is 43.6 Å². The van der Waals surface area contributed by atoms with Crippen LogP contribution >= 0.6 is 0 Å². The quantitative estimate of drug-likeness (QED) is 0.569. The van der Waals surface area contributed by atoms with Gasteiger partial charge in [0, 0.05) is 12.0 Å². The van der Waals surface area contributed by atoms with Crippen LogP contribution in [-0.2, 0) is 11.3 Å². The Morgan fingerprint density at radius 2 is 1.75 bits per heavy atom. The van der Waals surface area contributed by atoms with Crippen molar-refractivity contribution >= 4 is 11.6 Å². The van der Waals surface area contributed by atoms with Gasteiger partial charge in [0.05, 0.1) is 26.5 Å². The summed E-state index contributed by atoms with van der Waals surface area (Å²) in [6.45, 7) is -3.29. The lowest BCUT2D eigenvalue weighted by Crippen LogP contribution is -2.45. The molecule has 0 bridgehead atoms. The van der Waals surface area contributed by atoms with Crippen LogP contribution in [0.3, 0.4) is 0 Å². The van der Waals surface area contributed by atoms with Crippen LogP contribution in [0.2, 0.25) is 0 Å². The number of benzene rings is 2. The standard InChI is InChI=1S/C21H19F5N2O4/c1-30-14-6-3-12(4-7-14)11-28-19(29)15(21(24,25)26)10-16(27-28)13-5-8-17(32-20(22)23)18(9-13)31-2/h3-9,15,20H,10-11H2,1-2H3. The predicted octanol–water partition coefficient (Wildman–Crippen LogP) is 4.62. The van der Waals surface area contributed by atoms with E-state index in [-0.39, 0.29) is 29.3 Å². The van der Waals surface area contributed by atoms with Gasteiger partial charge in [0.15, 0.2) is 11.5 Å². The monoisotopic (exact) mass is 458 g/mol. The lowest BCUT2D eigenvalue weighted by molar-refractivity contribution is -0.189. The summed E-state index contributed by atoms with van der Waals surface area (Å²) in [4.78, 5) is 12.5. The first-order chi connectivity index (χ1) is 15.1. The van der Waals surface area contributed by atoms with Crippen LogP contribution in [0.1, 0.15) is 17.5 Å². The van der Waals surface area contributed by atoms with Gasteiger partial charge >= 0.3 is 12.8 Å². The highest BCUT2D eigenvalue weighted by Crippen LogP contribution is 2.37. The molecule has 1 unspecified atom stereocenters. The number of carbonyl (C=O) groups excluding carboxylic acids is 1. The van der Waals surface area contributed by atoms with Crippen molar-refractivity contribution in [2.45, 2.75) is 25.8 Å². The lowest BCUT2D eigenvalue weighted by Gasteiger charge is -2.31. The van der Waals surface area contributed by atoms with Crippen LogP contribution in [0.5, 0.6) is 17.2 Å². The van der Waals surface area contributed by atoms with Crippen molar-refractivity contribution in [3.05, 3.63) is 53.6 Å². The highest BCUT2D eigenvalue weighted by atomic mass is 19.4. The Morgan fingerprint density at radius 3 is 2.31 bits per heavy atom. The first kappa shape index (κ1) is 23.3. The summed E-state index contributed by atoms with van der Waals surface area (Å²) in [5.41, 5.74) is 0.690. The number of halogens is 5. The highest BCUT2D eigenvalue weighted by molar-refractivity contribution is 6.05. The Hall–Kier alpha value is -3.37. The lowest BCUT2D eigenvalue weighted by atomic mass is 9.94. The predicted molar refractivity (Wildman–Crippen MR) is 104 cm³/mol. The van der Waals surface area contributed by atoms with E-state index in [0.29, 0.717) is 11.3 Å². The maximum Gasteiger partial charge on any atom is 0.400 e. The summed E-state index contributed by atoms with van der Waals surface area (Å²) in [5.74, 6) is -3.30. The second-order valence-corrected chi connectivity index (χ2v) is 6.83. The summed E-state index contributed by atoms with van der Waals surface area (Å²) in [7, 11) is 2.68. The third-order valence-electron chi connectivity index (χ3n) is 4.79. The molecule has 1 amide bonds. The Morgan fingerprint density at radius 1 is 1.06 bits per heavy atom. The minimum Gasteiger partial charge on any atom is -0.497 e. The second-order valence-electron chi connectivity index (χ2n) is 6.83. The van der Waals surface area contributed by atoms with Crippen molar-refractivity contribution in [3.8, 4) is 17.2 Å². The third kappa shape index (κ3) is 5.27. The number of nitrogens with zero attached hydrogens (tertiary/aromatic N) is 2. The molecule has 3 rings (SSSR count). The van der Waals surface area contributed by atoms with E-state index in [2.05, 4.69) is 9.84 Å². The molecule has 0 aliphatic carbocycles. The van der Waals surface area contributed by atoms with E-state index in [9.17, 15) is 26.7 Å². The summed E-state index contributed by atoms with van der Waals surface area (Å²) in [5, 5.41) is 4.88. The zero-order chi connectivity index (χ0) is 23.5. The molecule has 0 saturated carbocycles. The minimum atomic E-state index is -4.79. The molecule has 32 heavy (non-hydrogen) atoms. The average Bonchev–Trinajstić information content (AvgIpc) is 2.74. The van der Waals surface area contributed by atoms with E-state index in [1.54, 1.807) is 24.3 Å². The molecule has 1 atom stereocenters.